The molecule has 0 radical (unpaired) electrons. The Hall–Kier alpha value is -1.34. The van der Waals surface area contributed by atoms with Gasteiger partial charge in [0.1, 0.15) is 0 Å². The molecule has 0 aliphatic carbocycles. The number of likely N-dealkylation sites (N-methyl/N-ethyl adjacent to an activating group) is 1. The largest absolute Gasteiger partial charge is 0.351 e. The number of nitrogens with zero attached hydrogens (tertiary/aromatic N) is 1. The fourth-order valence-corrected chi connectivity index (χ4v) is 2.24. The molecule has 0 fully saturated rings. The lowest BCUT2D eigenvalue weighted by Gasteiger charge is -2.18. The molecule has 0 bridgehead atoms. The van der Waals surface area contributed by atoms with E-state index in [4.69, 9.17) is 5.73 Å². The number of hydrogen-bond acceptors (Lipinski definition) is 4. The third-order valence-electron chi connectivity index (χ3n) is 4.02. The molecule has 8 heteroatoms. The van der Waals surface area contributed by atoms with Crippen LogP contribution in [0, 0.1) is 5.92 Å². The molecule has 0 aliphatic rings. The predicted molar refractivity (Wildman–Crippen MR) is 113 cm³/mol. The number of carbonyl (C=O) groups excluding carboxylic acids is 2. The molecule has 1 atom stereocenters. The van der Waals surface area contributed by atoms with Crippen molar-refractivity contribution in [1.82, 2.24) is 10.2 Å². The normalized spacial score (nSPS) is 11.3. The molecule has 150 valence electrons. The average Bonchev–Trinajstić information content (AvgIpc) is 2.57. The zero-order chi connectivity index (χ0) is 18.1. The van der Waals surface area contributed by atoms with Gasteiger partial charge in [-0.15, -0.1) is 24.8 Å². The number of nitrogens with two attached hydrogens (primary N) is 1. The molecule has 0 spiro atoms. The van der Waals surface area contributed by atoms with Crippen LogP contribution in [0.4, 0.5) is 5.69 Å². The monoisotopic (exact) mass is 406 g/mol. The average molecular weight is 407 g/mol. The number of carbonyl (C=O) groups is 2. The third-order valence-corrected chi connectivity index (χ3v) is 4.02. The summed E-state index contributed by atoms with van der Waals surface area (Å²) in [6.07, 6.45) is 0. The summed E-state index contributed by atoms with van der Waals surface area (Å²) in [5.41, 5.74) is 6.93. The zero-order valence-electron chi connectivity index (χ0n) is 16.0. The van der Waals surface area contributed by atoms with Crippen LogP contribution in [0.1, 0.15) is 38.1 Å². The summed E-state index contributed by atoms with van der Waals surface area (Å²) in [6.45, 7) is 11.3. The first-order chi connectivity index (χ1) is 11.4. The Bertz CT molecular complexity index is 552. The van der Waals surface area contributed by atoms with Crippen molar-refractivity contribution < 1.29 is 9.59 Å². The summed E-state index contributed by atoms with van der Waals surface area (Å²) < 4.78 is 0. The lowest BCUT2D eigenvalue weighted by atomic mass is 10.0. The Kier molecular flexibility index (Phi) is 14.3. The van der Waals surface area contributed by atoms with E-state index >= 15 is 0 Å². The SMILES string of the molecule is CCN(CC)CCNC(=O)c1cccc(NC(=O)[C@@H](N)C(C)C)c1.Cl.Cl. The number of amides is 2. The van der Waals surface area contributed by atoms with E-state index in [1.807, 2.05) is 13.8 Å². The van der Waals surface area contributed by atoms with Gasteiger partial charge >= 0.3 is 0 Å². The highest BCUT2D eigenvalue weighted by molar-refractivity contribution is 5.98. The molecule has 0 unspecified atom stereocenters. The number of nitrogens with one attached hydrogen (secondary N) is 2. The number of hydrogen-bond donors (Lipinski definition) is 3. The molecule has 26 heavy (non-hydrogen) atoms. The highest BCUT2D eigenvalue weighted by Crippen LogP contribution is 2.12. The Morgan fingerprint density at radius 2 is 1.77 bits per heavy atom. The second-order valence-corrected chi connectivity index (χ2v) is 6.12. The highest BCUT2D eigenvalue weighted by Gasteiger charge is 2.17. The van der Waals surface area contributed by atoms with Gasteiger partial charge in [-0.3, -0.25) is 9.59 Å². The predicted octanol–water partition coefficient (Wildman–Crippen LogP) is 2.52. The topological polar surface area (TPSA) is 87.5 Å². The first-order valence-electron chi connectivity index (χ1n) is 8.56. The quantitative estimate of drug-likeness (QED) is 0.587. The van der Waals surface area contributed by atoms with Crippen LogP contribution >= 0.6 is 24.8 Å². The van der Waals surface area contributed by atoms with Crippen LogP contribution in [0.15, 0.2) is 24.3 Å². The first kappa shape index (κ1) is 26.9. The van der Waals surface area contributed by atoms with Crippen molar-refractivity contribution in [3.63, 3.8) is 0 Å². The molecule has 4 N–H and O–H groups in total. The molecule has 2 amide bonds. The van der Waals surface area contributed by atoms with Crippen LogP contribution in [0.5, 0.6) is 0 Å². The van der Waals surface area contributed by atoms with Crippen molar-refractivity contribution >= 4 is 42.3 Å². The van der Waals surface area contributed by atoms with Gasteiger partial charge < -0.3 is 21.3 Å². The Morgan fingerprint density at radius 3 is 2.31 bits per heavy atom. The van der Waals surface area contributed by atoms with E-state index < -0.39 is 6.04 Å². The second-order valence-electron chi connectivity index (χ2n) is 6.12. The summed E-state index contributed by atoms with van der Waals surface area (Å²) in [7, 11) is 0. The van der Waals surface area contributed by atoms with Crippen molar-refractivity contribution in [2.45, 2.75) is 33.7 Å². The Balaban J connectivity index is 0. The minimum absolute atomic E-state index is 0. The summed E-state index contributed by atoms with van der Waals surface area (Å²) >= 11 is 0. The van der Waals surface area contributed by atoms with E-state index in [9.17, 15) is 9.59 Å². The summed E-state index contributed by atoms with van der Waals surface area (Å²) in [6, 6.07) is 6.31. The van der Waals surface area contributed by atoms with Gasteiger partial charge in [-0.1, -0.05) is 33.8 Å². The first-order valence-corrected chi connectivity index (χ1v) is 8.56. The zero-order valence-corrected chi connectivity index (χ0v) is 17.6. The van der Waals surface area contributed by atoms with E-state index in [0.717, 1.165) is 19.6 Å². The van der Waals surface area contributed by atoms with Gasteiger partial charge in [-0.05, 0) is 37.2 Å². The number of halogens is 2. The van der Waals surface area contributed by atoms with Crippen LogP contribution < -0.4 is 16.4 Å². The Morgan fingerprint density at radius 1 is 1.15 bits per heavy atom. The minimum Gasteiger partial charge on any atom is -0.351 e. The van der Waals surface area contributed by atoms with E-state index in [1.54, 1.807) is 24.3 Å². The number of anilines is 1. The van der Waals surface area contributed by atoms with Crippen molar-refractivity contribution in [2.24, 2.45) is 11.7 Å². The summed E-state index contributed by atoms with van der Waals surface area (Å²) in [5.74, 6) is -0.341. The minimum atomic E-state index is -0.573. The van der Waals surface area contributed by atoms with Crippen LogP contribution in [0.25, 0.3) is 0 Å². The van der Waals surface area contributed by atoms with Gasteiger partial charge in [-0.25, -0.2) is 0 Å². The Labute approximate surface area is 169 Å². The lowest BCUT2D eigenvalue weighted by molar-refractivity contribution is -0.118. The van der Waals surface area contributed by atoms with Crippen LogP contribution in [0.3, 0.4) is 0 Å². The van der Waals surface area contributed by atoms with Crippen molar-refractivity contribution in [3.05, 3.63) is 29.8 Å². The maximum Gasteiger partial charge on any atom is 0.251 e. The molecule has 1 aromatic rings. The molecule has 1 rings (SSSR count). The molecule has 0 saturated heterocycles. The van der Waals surface area contributed by atoms with Gasteiger partial charge in [0.25, 0.3) is 5.91 Å². The molecular weight excluding hydrogens is 375 g/mol. The van der Waals surface area contributed by atoms with Gasteiger partial charge in [0.2, 0.25) is 5.91 Å². The molecule has 1 aromatic carbocycles. The van der Waals surface area contributed by atoms with Gasteiger partial charge in [0.05, 0.1) is 6.04 Å². The summed E-state index contributed by atoms with van der Waals surface area (Å²) in [4.78, 5) is 26.5. The van der Waals surface area contributed by atoms with E-state index in [2.05, 4.69) is 29.4 Å². The highest BCUT2D eigenvalue weighted by atomic mass is 35.5. The van der Waals surface area contributed by atoms with E-state index in [1.165, 1.54) is 0 Å². The molecule has 0 heterocycles. The third kappa shape index (κ3) is 8.85. The smallest absolute Gasteiger partial charge is 0.251 e. The standard InChI is InChI=1S/C18H30N4O2.2ClH/c1-5-22(6-2)11-10-20-17(23)14-8-7-9-15(12-14)21-18(24)16(19)13(3)4;;/h7-9,12-13,16H,5-6,10-11,19H2,1-4H3,(H,20,23)(H,21,24);2*1H/t16-;;/m0../s1. The maximum atomic E-state index is 12.2. The van der Waals surface area contributed by atoms with Gasteiger partial charge in [0.15, 0.2) is 0 Å². The summed E-state index contributed by atoms with van der Waals surface area (Å²) in [5, 5.41) is 5.66. The van der Waals surface area contributed by atoms with Gasteiger partial charge in [0, 0.05) is 24.3 Å². The maximum absolute atomic E-state index is 12.2. The second kappa shape index (κ2) is 13.8. The molecule has 6 nitrogen and oxygen atoms in total. The van der Waals surface area contributed by atoms with Crippen LogP contribution in [0.2, 0.25) is 0 Å². The number of benzene rings is 1. The van der Waals surface area contributed by atoms with Crippen molar-refractivity contribution in [3.8, 4) is 0 Å². The molecule has 0 aliphatic heterocycles. The van der Waals surface area contributed by atoms with Crippen molar-refractivity contribution in [2.75, 3.05) is 31.5 Å². The van der Waals surface area contributed by atoms with Crippen LogP contribution in [-0.2, 0) is 4.79 Å². The lowest BCUT2D eigenvalue weighted by Crippen LogP contribution is -2.39. The molecule has 0 saturated carbocycles. The molecular formula is C18H32Cl2N4O2. The fourth-order valence-electron chi connectivity index (χ4n) is 2.24. The fraction of sp³-hybridized carbons (Fsp3) is 0.556. The van der Waals surface area contributed by atoms with E-state index in [0.29, 0.717) is 17.8 Å². The molecule has 0 aromatic heterocycles. The van der Waals surface area contributed by atoms with E-state index in [-0.39, 0.29) is 42.5 Å². The van der Waals surface area contributed by atoms with Gasteiger partial charge in [-0.2, -0.15) is 0 Å². The van der Waals surface area contributed by atoms with Crippen LogP contribution in [-0.4, -0.2) is 48.9 Å². The van der Waals surface area contributed by atoms with Crippen molar-refractivity contribution in [1.29, 1.82) is 0 Å². The number of rotatable bonds is 9.